The number of anilines is 1. The number of benzene rings is 2. The third-order valence-electron chi connectivity index (χ3n) is 4.76. The molecule has 25 heavy (non-hydrogen) atoms. The summed E-state index contributed by atoms with van der Waals surface area (Å²) in [5.74, 6) is 0. The van der Waals surface area contributed by atoms with Crippen molar-refractivity contribution in [1.82, 2.24) is 10.2 Å². The Balaban J connectivity index is 1.72. The van der Waals surface area contributed by atoms with Gasteiger partial charge in [-0.05, 0) is 26.0 Å². The molecule has 2 atom stereocenters. The van der Waals surface area contributed by atoms with Crippen LogP contribution in [0.4, 0.5) is 10.5 Å². The molecule has 0 bridgehead atoms. The predicted octanol–water partition coefficient (Wildman–Crippen LogP) is 3.72. The zero-order chi connectivity index (χ0) is 18.0. The van der Waals surface area contributed by atoms with E-state index in [1.54, 1.807) is 13.2 Å². The fraction of sp³-hybridized carbons (Fsp3) is 0.421. The third kappa shape index (κ3) is 3.89. The molecule has 2 aromatic carbocycles. The minimum absolute atomic E-state index is 0.00453. The maximum Gasteiger partial charge on any atom is 0.319 e. The molecule has 0 radical (unpaired) electrons. The van der Waals surface area contributed by atoms with Gasteiger partial charge < -0.3 is 15.4 Å². The number of likely N-dealkylation sites (tertiary alicyclic amines) is 1. The van der Waals surface area contributed by atoms with Gasteiger partial charge in [-0.2, -0.15) is 0 Å². The molecule has 0 unspecified atom stereocenters. The van der Waals surface area contributed by atoms with Gasteiger partial charge in [0.2, 0.25) is 0 Å². The van der Waals surface area contributed by atoms with Crippen LogP contribution in [0.1, 0.15) is 13.8 Å². The number of methoxy groups -OCH3 is 1. The Bertz CT molecular complexity index is 765. The summed E-state index contributed by atoms with van der Waals surface area (Å²) in [5, 5.41) is 8.50. The van der Waals surface area contributed by atoms with Crippen molar-refractivity contribution in [3.05, 3.63) is 41.4 Å². The summed E-state index contributed by atoms with van der Waals surface area (Å²) in [6.45, 7) is 5.90. The minimum atomic E-state index is -0.231. The standard InChI is InChI=1S/C19H24ClN3O2/c1-12(2)23-10-17(18(11-23)25-3)22-19(24)21-16-9-8-15(20)13-6-4-5-7-14(13)16/h4-9,12,17-18H,10-11H2,1-3H3,(H2,21,22,24)/t17-,18-/m0/s1. The molecule has 1 fully saturated rings. The molecular formula is C19H24ClN3O2. The molecule has 6 heteroatoms. The molecule has 2 N–H and O–H groups in total. The Hall–Kier alpha value is -1.82. The monoisotopic (exact) mass is 361 g/mol. The Labute approximate surface area is 153 Å². The number of fused-ring (bicyclic) bond motifs is 1. The normalized spacial score (nSPS) is 21.0. The number of nitrogens with one attached hydrogen (secondary N) is 2. The molecule has 0 aliphatic carbocycles. The highest BCUT2D eigenvalue weighted by atomic mass is 35.5. The SMILES string of the molecule is CO[C@H]1CN(C(C)C)C[C@@H]1NC(=O)Nc1ccc(Cl)c2ccccc12. The predicted molar refractivity (Wildman–Crippen MR) is 102 cm³/mol. The third-order valence-corrected chi connectivity index (χ3v) is 5.09. The van der Waals surface area contributed by atoms with Crippen LogP contribution in [0.3, 0.4) is 0 Å². The van der Waals surface area contributed by atoms with Gasteiger partial charge in [-0.15, -0.1) is 0 Å². The van der Waals surface area contributed by atoms with E-state index in [-0.39, 0.29) is 18.2 Å². The van der Waals surface area contributed by atoms with E-state index in [4.69, 9.17) is 16.3 Å². The highest BCUT2D eigenvalue weighted by Crippen LogP contribution is 2.29. The lowest BCUT2D eigenvalue weighted by molar-refractivity contribution is 0.0896. The van der Waals surface area contributed by atoms with E-state index >= 15 is 0 Å². The molecule has 0 spiro atoms. The van der Waals surface area contributed by atoms with Crippen LogP contribution in [-0.4, -0.2) is 49.3 Å². The Morgan fingerprint density at radius 1 is 1.20 bits per heavy atom. The van der Waals surface area contributed by atoms with E-state index in [9.17, 15) is 4.79 Å². The number of nitrogens with zero attached hydrogens (tertiary/aromatic N) is 1. The Morgan fingerprint density at radius 3 is 2.60 bits per heavy atom. The second-order valence-electron chi connectivity index (χ2n) is 6.67. The molecule has 0 aromatic heterocycles. The summed E-state index contributed by atoms with van der Waals surface area (Å²) in [6, 6.07) is 11.5. The minimum Gasteiger partial charge on any atom is -0.378 e. The van der Waals surface area contributed by atoms with Gasteiger partial charge in [-0.1, -0.05) is 35.9 Å². The molecule has 1 saturated heterocycles. The zero-order valence-electron chi connectivity index (χ0n) is 14.8. The van der Waals surface area contributed by atoms with E-state index in [0.29, 0.717) is 11.1 Å². The number of halogens is 1. The molecule has 0 saturated carbocycles. The number of carbonyl (C=O) groups excluding carboxylic acids is 1. The van der Waals surface area contributed by atoms with Crippen molar-refractivity contribution in [2.75, 3.05) is 25.5 Å². The topological polar surface area (TPSA) is 53.6 Å². The van der Waals surface area contributed by atoms with Gasteiger partial charge >= 0.3 is 6.03 Å². The van der Waals surface area contributed by atoms with Crippen molar-refractivity contribution in [3.8, 4) is 0 Å². The average Bonchev–Trinajstić information content (AvgIpc) is 3.01. The number of amides is 2. The molecular weight excluding hydrogens is 338 g/mol. The van der Waals surface area contributed by atoms with Crippen LogP contribution in [0, 0.1) is 0 Å². The number of urea groups is 1. The van der Waals surface area contributed by atoms with Crippen LogP contribution in [0.2, 0.25) is 5.02 Å². The number of ether oxygens (including phenoxy) is 1. The van der Waals surface area contributed by atoms with E-state index in [2.05, 4.69) is 29.4 Å². The lowest BCUT2D eigenvalue weighted by Gasteiger charge is -2.20. The first-order valence-corrected chi connectivity index (χ1v) is 8.89. The van der Waals surface area contributed by atoms with Gasteiger partial charge in [0, 0.05) is 42.0 Å². The first-order valence-electron chi connectivity index (χ1n) is 8.51. The van der Waals surface area contributed by atoms with Crippen molar-refractivity contribution >= 4 is 34.1 Å². The van der Waals surface area contributed by atoms with Crippen LogP contribution >= 0.6 is 11.6 Å². The first-order chi connectivity index (χ1) is 12.0. The average molecular weight is 362 g/mol. The second kappa shape index (κ2) is 7.60. The van der Waals surface area contributed by atoms with Crippen LogP contribution in [0.5, 0.6) is 0 Å². The molecule has 1 aliphatic rings. The molecule has 2 aromatic rings. The first kappa shape index (κ1) is 18.0. The van der Waals surface area contributed by atoms with Gasteiger partial charge in [0.05, 0.1) is 17.8 Å². The number of rotatable bonds is 4. The summed E-state index contributed by atoms with van der Waals surface area (Å²) >= 11 is 6.24. The van der Waals surface area contributed by atoms with Crippen LogP contribution in [0.15, 0.2) is 36.4 Å². The smallest absolute Gasteiger partial charge is 0.319 e. The summed E-state index contributed by atoms with van der Waals surface area (Å²) < 4.78 is 5.54. The van der Waals surface area contributed by atoms with Crippen molar-refractivity contribution in [2.45, 2.75) is 32.0 Å². The number of carbonyl (C=O) groups is 1. The van der Waals surface area contributed by atoms with E-state index in [0.717, 1.165) is 29.5 Å². The fourth-order valence-corrected chi connectivity index (χ4v) is 3.53. The highest BCUT2D eigenvalue weighted by molar-refractivity contribution is 6.36. The van der Waals surface area contributed by atoms with E-state index in [1.165, 1.54) is 0 Å². The summed E-state index contributed by atoms with van der Waals surface area (Å²) in [6.07, 6.45) is -0.00453. The Morgan fingerprint density at radius 2 is 1.92 bits per heavy atom. The van der Waals surface area contributed by atoms with Gasteiger partial charge in [-0.25, -0.2) is 4.79 Å². The second-order valence-corrected chi connectivity index (χ2v) is 7.07. The maximum absolute atomic E-state index is 12.5. The van der Waals surface area contributed by atoms with Crippen LogP contribution in [-0.2, 0) is 4.74 Å². The van der Waals surface area contributed by atoms with Crippen molar-refractivity contribution < 1.29 is 9.53 Å². The van der Waals surface area contributed by atoms with Crippen molar-refractivity contribution in [1.29, 1.82) is 0 Å². The Kier molecular flexibility index (Phi) is 5.47. The maximum atomic E-state index is 12.5. The lowest BCUT2D eigenvalue weighted by Crippen LogP contribution is -2.45. The molecule has 134 valence electrons. The summed E-state index contributed by atoms with van der Waals surface area (Å²) in [4.78, 5) is 14.8. The summed E-state index contributed by atoms with van der Waals surface area (Å²) in [5.41, 5.74) is 0.741. The van der Waals surface area contributed by atoms with Gasteiger partial charge in [0.1, 0.15) is 0 Å². The van der Waals surface area contributed by atoms with Crippen molar-refractivity contribution in [3.63, 3.8) is 0 Å². The summed E-state index contributed by atoms with van der Waals surface area (Å²) in [7, 11) is 1.69. The van der Waals surface area contributed by atoms with Gasteiger partial charge in [0.25, 0.3) is 0 Å². The van der Waals surface area contributed by atoms with Gasteiger partial charge in [-0.3, -0.25) is 4.90 Å². The fourth-order valence-electron chi connectivity index (χ4n) is 3.30. The highest BCUT2D eigenvalue weighted by Gasteiger charge is 2.34. The van der Waals surface area contributed by atoms with Crippen LogP contribution < -0.4 is 10.6 Å². The van der Waals surface area contributed by atoms with Crippen LogP contribution in [0.25, 0.3) is 10.8 Å². The van der Waals surface area contributed by atoms with Gasteiger partial charge in [0.15, 0.2) is 0 Å². The molecule has 2 amide bonds. The molecule has 3 rings (SSSR count). The molecule has 1 heterocycles. The largest absolute Gasteiger partial charge is 0.378 e. The molecule has 5 nitrogen and oxygen atoms in total. The zero-order valence-corrected chi connectivity index (χ0v) is 15.5. The quantitative estimate of drug-likeness (QED) is 0.872. The number of hydrogen-bond donors (Lipinski definition) is 2. The molecule has 1 aliphatic heterocycles. The van der Waals surface area contributed by atoms with Crippen molar-refractivity contribution in [2.24, 2.45) is 0 Å². The lowest BCUT2D eigenvalue weighted by atomic mass is 10.1. The van der Waals surface area contributed by atoms with E-state index < -0.39 is 0 Å². The van der Waals surface area contributed by atoms with E-state index in [1.807, 2.05) is 30.3 Å². The number of hydrogen-bond acceptors (Lipinski definition) is 3.